The molecule has 0 radical (unpaired) electrons. The lowest BCUT2D eigenvalue weighted by molar-refractivity contribution is 0.896. The van der Waals surface area contributed by atoms with E-state index in [9.17, 15) is 0 Å². The van der Waals surface area contributed by atoms with E-state index in [0.29, 0.717) is 6.54 Å². The number of pyridine rings is 1. The van der Waals surface area contributed by atoms with Gasteiger partial charge in [0.05, 0.1) is 11.7 Å². The van der Waals surface area contributed by atoms with Crippen LogP contribution in [0.5, 0.6) is 0 Å². The van der Waals surface area contributed by atoms with Gasteiger partial charge in [0.25, 0.3) is 0 Å². The normalized spacial score (nSPS) is 10.9. The molecule has 2 N–H and O–H groups in total. The molecule has 3 rings (SSSR count). The molecular formula is C15H15N3. The number of hydrogen-bond donors (Lipinski definition) is 1. The molecule has 0 atom stereocenters. The highest BCUT2D eigenvalue weighted by atomic mass is 15.0. The van der Waals surface area contributed by atoms with E-state index in [1.54, 1.807) is 0 Å². The molecule has 0 aliphatic rings. The standard InChI is InChI=1S/C15H15N3/c16-10-9-13-7-4-8-14-11-17-15(18(13)14)12-5-2-1-3-6-12/h1-8,11H,9-10,16H2. The third-order valence-electron chi connectivity index (χ3n) is 3.06. The number of hydrogen-bond acceptors (Lipinski definition) is 2. The predicted octanol–water partition coefficient (Wildman–Crippen LogP) is 2.50. The van der Waals surface area contributed by atoms with E-state index in [0.717, 1.165) is 23.3 Å². The molecule has 0 bridgehead atoms. The summed E-state index contributed by atoms with van der Waals surface area (Å²) in [7, 11) is 0. The molecule has 0 amide bonds. The summed E-state index contributed by atoms with van der Waals surface area (Å²) in [5, 5.41) is 0. The first-order valence-electron chi connectivity index (χ1n) is 6.11. The minimum Gasteiger partial charge on any atom is -0.330 e. The van der Waals surface area contributed by atoms with Gasteiger partial charge < -0.3 is 5.73 Å². The number of fused-ring (bicyclic) bond motifs is 1. The third-order valence-corrected chi connectivity index (χ3v) is 3.06. The first-order valence-corrected chi connectivity index (χ1v) is 6.11. The van der Waals surface area contributed by atoms with Crippen molar-refractivity contribution in [1.29, 1.82) is 0 Å². The highest BCUT2D eigenvalue weighted by Crippen LogP contribution is 2.21. The topological polar surface area (TPSA) is 43.3 Å². The van der Waals surface area contributed by atoms with Crippen molar-refractivity contribution in [2.75, 3.05) is 6.54 Å². The van der Waals surface area contributed by atoms with Gasteiger partial charge in [-0.25, -0.2) is 4.98 Å². The van der Waals surface area contributed by atoms with E-state index in [2.05, 4.69) is 39.7 Å². The average Bonchev–Trinajstić information content (AvgIpc) is 2.85. The molecule has 1 aromatic carbocycles. The van der Waals surface area contributed by atoms with Crippen molar-refractivity contribution in [2.24, 2.45) is 5.73 Å². The fraction of sp³-hybridized carbons (Fsp3) is 0.133. The number of nitrogens with zero attached hydrogens (tertiary/aromatic N) is 2. The van der Waals surface area contributed by atoms with Crippen LogP contribution in [0.1, 0.15) is 5.69 Å². The largest absolute Gasteiger partial charge is 0.330 e. The zero-order valence-corrected chi connectivity index (χ0v) is 10.1. The van der Waals surface area contributed by atoms with Crippen molar-refractivity contribution < 1.29 is 0 Å². The van der Waals surface area contributed by atoms with Gasteiger partial charge in [0, 0.05) is 17.7 Å². The fourth-order valence-electron chi connectivity index (χ4n) is 2.25. The van der Waals surface area contributed by atoms with Gasteiger partial charge in [-0.05, 0) is 18.7 Å². The Hall–Kier alpha value is -2.13. The molecule has 0 aliphatic carbocycles. The van der Waals surface area contributed by atoms with Crippen molar-refractivity contribution >= 4 is 5.52 Å². The summed E-state index contributed by atoms with van der Waals surface area (Å²) in [4.78, 5) is 4.53. The zero-order valence-electron chi connectivity index (χ0n) is 10.1. The molecule has 0 unspecified atom stereocenters. The van der Waals surface area contributed by atoms with Crippen LogP contribution in [0.2, 0.25) is 0 Å². The second-order valence-corrected chi connectivity index (χ2v) is 4.26. The maximum Gasteiger partial charge on any atom is 0.144 e. The molecule has 3 nitrogen and oxygen atoms in total. The number of benzene rings is 1. The molecule has 2 heterocycles. The summed E-state index contributed by atoms with van der Waals surface area (Å²) < 4.78 is 2.18. The van der Waals surface area contributed by atoms with E-state index < -0.39 is 0 Å². The maximum atomic E-state index is 5.68. The monoisotopic (exact) mass is 237 g/mol. The molecule has 18 heavy (non-hydrogen) atoms. The molecule has 0 fully saturated rings. The van der Waals surface area contributed by atoms with Crippen LogP contribution >= 0.6 is 0 Å². The summed E-state index contributed by atoms with van der Waals surface area (Å²) in [6.07, 6.45) is 2.76. The Morgan fingerprint density at radius 1 is 1.00 bits per heavy atom. The van der Waals surface area contributed by atoms with Gasteiger partial charge in [0.2, 0.25) is 0 Å². The Morgan fingerprint density at radius 2 is 1.83 bits per heavy atom. The van der Waals surface area contributed by atoms with E-state index in [1.807, 2.05) is 24.4 Å². The molecule has 0 aliphatic heterocycles. The van der Waals surface area contributed by atoms with Crippen molar-refractivity contribution in [1.82, 2.24) is 9.38 Å². The van der Waals surface area contributed by atoms with E-state index in [-0.39, 0.29) is 0 Å². The molecule has 90 valence electrons. The number of aromatic nitrogens is 2. The Morgan fingerprint density at radius 3 is 2.61 bits per heavy atom. The first kappa shape index (κ1) is 11.0. The second kappa shape index (κ2) is 4.63. The lowest BCUT2D eigenvalue weighted by Crippen LogP contribution is -2.07. The van der Waals surface area contributed by atoms with Gasteiger partial charge in [0.1, 0.15) is 5.82 Å². The van der Waals surface area contributed by atoms with E-state index in [4.69, 9.17) is 5.73 Å². The highest BCUT2D eigenvalue weighted by molar-refractivity contribution is 5.63. The SMILES string of the molecule is NCCc1cccc2cnc(-c3ccccc3)n12. The van der Waals surface area contributed by atoms with Gasteiger partial charge in [0.15, 0.2) is 0 Å². The summed E-state index contributed by atoms with van der Waals surface area (Å²) in [5.41, 5.74) is 9.11. The fourth-order valence-corrected chi connectivity index (χ4v) is 2.25. The minimum absolute atomic E-state index is 0.644. The van der Waals surface area contributed by atoms with Crippen LogP contribution in [0, 0.1) is 0 Å². The van der Waals surface area contributed by atoms with Gasteiger partial charge in [-0.1, -0.05) is 36.4 Å². The lowest BCUT2D eigenvalue weighted by atomic mass is 10.2. The number of rotatable bonds is 3. The number of nitrogens with two attached hydrogens (primary N) is 1. The van der Waals surface area contributed by atoms with Crippen LogP contribution < -0.4 is 5.73 Å². The Bertz CT molecular complexity index is 656. The quantitative estimate of drug-likeness (QED) is 0.760. The van der Waals surface area contributed by atoms with Crippen molar-refractivity contribution in [3.05, 3.63) is 60.4 Å². The summed E-state index contributed by atoms with van der Waals surface area (Å²) in [6, 6.07) is 16.5. The third kappa shape index (κ3) is 1.79. The van der Waals surface area contributed by atoms with Crippen LogP contribution in [0.4, 0.5) is 0 Å². The summed E-state index contributed by atoms with van der Waals surface area (Å²) in [6.45, 7) is 0.644. The minimum atomic E-state index is 0.644. The molecule has 0 saturated heterocycles. The van der Waals surface area contributed by atoms with Crippen LogP contribution in [0.3, 0.4) is 0 Å². The van der Waals surface area contributed by atoms with E-state index >= 15 is 0 Å². The van der Waals surface area contributed by atoms with Crippen LogP contribution in [-0.2, 0) is 6.42 Å². The van der Waals surface area contributed by atoms with Crippen LogP contribution in [-0.4, -0.2) is 15.9 Å². The molecule has 3 aromatic rings. The molecule has 2 aromatic heterocycles. The summed E-state index contributed by atoms with van der Waals surface area (Å²) in [5.74, 6) is 0.981. The molecule has 3 heteroatoms. The van der Waals surface area contributed by atoms with Crippen LogP contribution in [0.25, 0.3) is 16.9 Å². The summed E-state index contributed by atoms with van der Waals surface area (Å²) >= 11 is 0. The highest BCUT2D eigenvalue weighted by Gasteiger charge is 2.08. The Kier molecular flexibility index (Phi) is 2.82. The van der Waals surface area contributed by atoms with Crippen molar-refractivity contribution in [3.8, 4) is 11.4 Å². The average molecular weight is 237 g/mol. The van der Waals surface area contributed by atoms with E-state index in [1.165, 1.54) is 5.69 Å². The van der Waals surface area contributed by atoms with Gasteiger partial charge in [-0.15, -0.1) is 0 Å². The van der Waals surface area contributed by atoms with Crippen LogP contribution in [0.15, 0.2) is 54.7 Å². The maximum absolute atomic E-state index is 5.68. The van der Waals surface area contributed by atoms with Crippen molar-refractivity contribution in [2.45, 2.75) is 6.42 Å². The number of imidazole rings is 1. The lowest BCUT2D eigenvalue weighted by Gasteiger charge is -2.07. The smallest absolute Gasteiger partial charge is 0.144 e. The van der Waals surface area contributed by atoms with Gasteiger partial charge >= 0.3 is 0 Å². The molecule has 0 spiro atoms. The van der Waals surface area contributed by atoms with Crippen molar-refractivity contribution in [3.63, 3.8) is 0 Å². The molecule has 0 saturated carbocycles. The van der Waals surface area contributed by atoms with Gasteiger partial charge in [-0.2, -0.15) is 0 Å². The first-order chi connectivity index (χ1) is 8.90. The Labute approximate surface area is 106 Å². The predicted molar refractivity (Wildman–Crippen MR) is 73.4 cm³/mol. The molecular weight excluding hydrogens is 222 g/mol. The Balaban J connectivity index is 2.24. The second-order valence-electron chi connectivity index (χ2n) is 4.26. The zero-order chi connectivity index (χ0) is 12.4. The van der Waals surface area contributed by atoms with Gasteiger partial charge in [-0.3, -0.25) is 4.40 Å².